The zero-order valence-corrected chi connectivity index (χ0v) is 15.4. The average Bonchev–Trinajstić information content (AvgIpc) is 3.02. The highest BCUT2D eigenvalue weighted by Crippen LogP contribution is 2.18. The first-order valence-electron chi connectivity index (χ1n) is 8.41. The summed E-state index contributed by atoms with van der Waals surface area (Å²) >= 11 is 1.46. The van der Waals surface area contributed by atoms with Crippen LogP contribution in [0.1, 0.15) is 22.4 Å². The maximum Gasteiger partial charge on any atom is 0.250 e. The number of nitrogens with one attached hydrogen (secondary N) is 1. The maximum atomic E-state index is 12.1. The number of anilines is 1. The number of aromatic nitrogens is 1. The van der Waals surface area contributed by atoms with Crippen LogP contribution in [0.15, 0.2) is 29.7 Å². The van der Waals surface area contributed by atoms with Crippen molar-refractivity contribution >= 4 is 28.5 Å². The molecule has 1 aliphatic rings. The van der Waals surface area contributed by atoms with Gasteiger partial charge in [-0.25, -0.2) is 4.98 Å². The zero-order chi connectivity index (χ0) is 17.6. The van der Waals surface area contributed by atoms with Crippen LogP contribution in [0.4, 0.5) is 5.13 Å². The van der Waals surface area contributed by atoms with E-state index in [0.717, 1.165) is 49.7 Å². The normalized spacial score (nSPS) is 15.6. The van der Waals surface area contributed by atoms with Crippen LogP contribution in [0.25, 0.3) is 6.08 Å². The number of benzene rings is 1. The number of aryl methyl sites for hydroxylation is 2. The summed E-state index contributed by atoms with van der Waals surface area (Å²) in [6.45, 7) is 8.31. The van der Waals surface area contributed by atoms with Crippen LogP contribution in [0, 0.1) is 13.8 Å². The lowest BCUT2D eigenvalue weighted by Crippen LogP contribution is -2.35. The molecule has 25 heavy (non-hydrogen) atoms. The molecule has 0 atom stereocenters. The number of hydrogen-bond donors (Lipinski definition) is 1. The van der Waals surface area contributed by atoms with Crippen LogP contribution in [-0.4, -0.2) is 42.1 Å². The molecule has 0 saturated carbocycles. The van der Waals surface area contributed by atoms with E-state index in [1.54, 1.807) is 6.08 Å². The molecule has 1 fully saturated rings. The lowest BCUT2D eigenvalue weighted by molar-refractivity contribution is -0.111. The van der Waals surface area contributed by atoms with Crippen molar-refractivity contribution in [2.45, 2.75) is 20.4 Å². The summed E-state index contributed by atoms with van der Waals surface area (Å²) in [7, 11) is 0. The van der Waals surface area contributed by atoms with Gasteiger partial charge in [0.25, 0.3) is 0 Å². The molecule has 1 N–H and O–H groups in total. The highest BCUT2D eigenvalue weighted by atomic mass is 32.1. The standard InChI is InChI=1S/C19H23N3O2S/c1-14-3-4-16(15(2)11-14)5-6-18(23)21-19-20-17(13-25-19)12-22-7-9-24-10-8-22/h3-6,11,13H,7-10,12H2,1-2H3,(H,20,21,23). The molecule has 2 heterocycles. The molecular weight excluding hydrogens is 334 g/mol. The Morgan fingerprint density at radius 2 is 2.16 bits per heavy atom. The van der Waals surface area contributed by atoms with Crippen molar-refractivity contribution in [1.82, 2.24) is 9.88 Å². The fraction of sp³-hybridized carbons (Fsp3) is 0.368. The van der Waals surface area contributed by atoms with Gasteiger partial charge in [0.2, 0.25) is 5.91 Å². The summed E-state index contributed by atoms with van der Waals surface area (Å²) in [4.78, 5) is 18.9. The smallest absolute Gasteiger partial charge is 0.250 e. The van der Waals surface area contributed by atoms with Gasteiger partial charge in [-0.15, -0.1) is 11.3 Å². The van der Waals surface area contributed by atoms with Gasteiger partial charge in [0.05, 0.1) is 18.9 Å². The number of rotatable bonds is 5. The predicted octanol–water partition coefficient (Wildman–Crippen LogP) is 3.24. The van der Waals surface area contributed by atoms with Crippen LogP contribution >= 0.6 is 11.3 Å². The Kier molecular flexibility index (Phi) is 5.96. The largest absolute Gasteiger partial charge is 0.379 e. The van der Waals surface area contributed by atoms with Crippen LogP contribution < -0.4 is 5.32 Å². The van der Waals surface area contributed by atoms with Gasteiger partial charge in [-0.3, -0.25) is 15.0 Å². The minimum atomic E-state index is -0.160. The van der Waals surface area contributed by atoms with E-state index in [2.05, 4.69) is 28.2 Å². The first kappa shape index (κ1) is 17.8. The predicted molar refractivity (Wildman–Crippen MR) is 102 cm³/mol. The van der Waals surface area contributed by atoms with Crippen molar-refractivity contribution in [3.8, 4) is 0 Å². The molecule has 0 spiro atoms. The number of hydrogen-bond acceptors (Lipinski definition) is 5. The van der Waals surface area contributed by atoms with E-state index in [-0.39, 0.29) is 5.91 Å². The van der Waals surface area contributed by atoms with E-state index in [1.807, 2.05) is 30.5 Å². The second-order valence-electron chi connectivity index (χ2n) is 6.22. The Hall–Kier alpha value is -2.02. The first-order chi connectivity index (χ1) is 12.1. The van der Waals surface area contributed by atoms with Gasteiger partial charge >= 0.3 is 0 Å². The Balaban J connectivity index is 1.55. The van der Waals surface area contributed by atoms with Gasteiger partial charge in [-0.05, 0) is 31.1 Å². The molecule has 6 heteroatoms. The third kappa shape index (κ3) is 5.22. The Labute approximate surface area is 152 Å². The van der Waals surface area contributed by atoms with E-state index >= 15 is 0 Å². The van der Waals surface area contributed by atoms with Gasteiger partial charge in [0.15, 0.2) is 5.13 Å². The van der Waals surface area contributed by atoms with Crippen LogP contribution in [-0.2, 0) is 16.1 Å². The van der Waals surface area contributed by atoms with E-state index in [1.165, 1.54) is 16.9 Å². The second-order valence-corrected chi connectivity index (χ2v) is 7.07. The Bertz CT molecular complexity index is 764. The van der Waals surface area contributed by atoms with E-state index in [9.17, 15) is 4.79 Å². The lowest BCUT2D eigenvalue weighted by atomic mass is 10.1. The molecule has 0 radical (unpaired) electrons. The van der Waals surface area contributed by atoms with Gasteiger partial charge in [0.1, 0.15) is 0 Å². The van der Waals surface area contributed by atoms with Crippen LogP contribution in [0.2, 0.25) is 0 Å². The molecule has 1 aromatic carbocycles. The molecule has 0 bridgehead atoms. The van der Waals surface area contributed by atoms with Crippen molar-refractivity contribution in [2.24, 2.45) is 0 Å². The number of ether oxygens (including phenoxy) is 1. The summed E-state index contributed by atoms with van der Waals surface area (Å²) in [5, 5.41) is 5.48. The summed E-state index contributed by atoms with van der Waals surface area (Å²) in [6.07, 6.45) is 3.40. The number of nitrogens with zero attached hydrogens (tertiary/aromatic N) is 2. The highest BCUT2D eigenvalue weighted by molar-refractivity contribution is 7.13. The maximum absolute atomic E-state index is 12.1. The Morgan fingerprint density at radius 1 is 1.36 bits per heavy atom. The van der Waals surface area contributed by atoms with Crippen molar-refractivity contribution in [3.05, 3.63) is 52.0 Å². The SMILES string of the molecule is Cc1ccc(C=CC(=O)Nc2nc(CN3CCOCC3)cs2)c(C)c1. The summed E-state index contributed by atoms with van der Waals surface area (Å²) < 4.78 is 5.35. The summed E-state index contributed by atoms with van der Waals surface area (Å²) in [6, 6.07) is 6.18. The molecule has 1 amide bonds. The van der Waals surface area contributed by atoms with E-state index in [4.69, 9.17) is 4.74 Å². The number of carbonyl (C=O) groups is 1. The van der Waals surface area contributed by atoms with Gasteiger partial charge < -0.3 is 4.74 Å². The average molecular weight is 357 g/mol. The van der Waals surface area contributed by atoms with Crippen molar-refractivity contribution in [1.29, 1.82) is 0 Å². The lowest BCUT2D eigenvalue weighted by Gasteiger charge is -2.25. The molecule has 3 rings (SSSR count). The van der Waals surface area contributed by atoms with E-state index < -0.39 is 0 Å². The molecule has 2 aromatic rings. The van der Waals surface area contributed by atoms with Gasteiger partial charge in [-0.1, -0.05) is 23.8 Å². The van der Waals surface area contributed by atoms with Crippen LogP contribution in [0.5, 0.6) is 0 Å². The first-order valence-corrected chi connectivity index (χ1v) is 9.29. The van der Waals surface area contributed by atoms with Gasteiger partial charge in [0, 0.05) is 31.1 Å². The van der Waals surface area contributed by atoms with E-state index in [0.29, 0.717) is 5.13 Å². The minimum Gasteiger partial charge on any atom is -0.379 e. The molecule has 132 valence electrons. The monoisotopic (exact) mass is 357 g/mol. The Morgan fingerprint density at radius 3 is 2.92 bits per heavy atom. The number of thiazole rings is 1. The van der Waals surface area contributed by atoms with Crippen molar-refractivity contribution in [3.63, 3.8) is 0 Å². The fourth-order valence-corrected chi connectivity index (χ4v) is 3.45. The molecule has 0 unspecified atom stereocenters. The number of amides is 1. The second kappa shape index (κ2) is 8.38. The molecule has 0 aliphatic carbocycles. The highest BCUT2D eigenvalue weighted by Gasteiger charge is 2.13. The summed E-state index contributed by atoms with van der Waals surface area (Å²) in [5.74, 6) is -0.160. The van der Waals surface area contributed by atoms with Crippen molar-refractivity contribution in [2.75, 3.05) is 31.6 Å². The topological polar surface area (TPSA) is 54.5 Å². The molecule has 1 saturated heterocycles. The van der Waals surface area contributed by atoms with Crippen molar-refractivity contribution < 1.29 is 9.53 Å². The molecule has 1 aromatic heterocycles. The summed E-state index contributed by atoms with van der Waals surface area (Å²) in [5.41, 5.74) is 4.41. The zero-order valence-electron chi connectivity index (χ0n) is 14.6. The third-order valence-electron chi connectivity index (χ3n) is 4.11. The van der Waals surface area contributed by atoms with Crippen LogP contribution in [0.3, 0.4) is 0 Å². The fourth-order valence-electron chi connectivity index (χ4n) is 2.75. The quantitative estimate of drug-likeness (QED) is 0.835. The molecule has 5 nitrogen and oxygen atoms in total. The number of carbonyl (C=O) groups excluding carboxylic acids is 1. The molecule has 1 aliphatic heterocycles. The van der Waals surface area contributed by atoms with Gasteiger partial charge in [-0.2, -0.15) is 0 Å². The number of morpholine rings is 1. The minimum absolute atomic E-state index is 0.160. The molecular formula is C19H23N3O2S. The third-order valence-corrected chi connectivity index (χ3v) is 4.92.